The van der Waals surface area contributed by atoms with Crippen molar-refractivity contribution in [3.63, 3.8) is 0 Å². The summed E-state index contributed by atoms with van der Waals surface area (Å²) in [6.07, 6.45) is 4.90. The van der Waals surface area contributed by atoms with Crippen LogP contribution in [0.3, 0.4) is 0 Å². The lowest BCUT2D eigenvalue weighted by atomic mass is 9.62. The highest BCUT2D eigenvalue weighted by Gasteiger charge is 2.56. The van der Waals surface area contributed by atoms with Crippen LogP contribution in [0.4, 0.5) is 4.39 Å². The first-order valence-corrected chi connectivity index (χ1v) is 9.11. The monoisotopic (exact) mass is 337 g/mol. The van der Waals surface area contributed by atoms with Crippen molar-refractivity contribution < 1.29 is 18.5 Å². The average Bonchev–Trinajstić information content (AvgIpc) is 2.73. The van der Waals surface area contributed by atoms with Gasteiger partial charge in [-0.15, -0.1) is 0 Å². The summed E-state index contributed by atoms with van der Waals surface area (Å²) >= 11 is 0. The van der Waals surface area contributed by atoms with E-state index in [2.05, 4.69) is 0 Å². The minimum absolute atomic E-state index is 0.0649. The first kappa shape index (κ1) is 17.9. The number of hydrogen-bond acceptors (Lipinski definition) is 3. The van der Waals surface area contributed by atoms with Crippen LogP contribution in [-0.4, -0.2) is 42.7 Å². The van der Waals surface area contributed by atoms with Gasteiger partial charge in [0.15, 0.2) is 0 Å². The van der Waals surface area contributed by atoms with Crippen LogP contribution >= 0.6 is 0 Å². The van der Waals surface area contributed by atoms with E-state index in [4.69, 9.17) is 9.31 Å². The molecule has 4 nitrogen and oxygen atoms in total. The van der Waals surface area contributed by atoms with E-state index in [-0.39, 0.29) is 11.6 Å². The van der Waals surface area contributed by atoms with Gasteiger partial charge in [-0.25, -0.2) is 4.39 Å². The van der Waals surface area contributed by atoms with Crippen molar-refractivity contribution in [3.05, 3.63) is 11.3 Å². The second-order valence-corrected chi connectivity index (χ2v) is 8.53. The van der Waals surface area contributed by atoms with E-state index >= 15 is 4.39 Å². The van der Waals surface area contributed by atoms with E-state index in [0.29, 0.717) is 12.0 Å². The molecule has 1 amide bonds. The summed E-state index contributed by atoms with van der Waals surface area (Å²) in [6, 6.07) is 0. The van der Waals surface area contributed by atoms with Gasteiger partial charge in [0, 0.05) is 13.6 Å². The quantitative estimate of drug-likeness (QED) is 0.686. The number of piperidine rings is 1. The van der Waals surface area contributed by atoms with Crippen molar-refractivity contribution in [2.24, 2.45) is 5.41 Å². The molecule has 2 heterocycles. The van der Waals surface area contributed by atoms with Gasteiger partial charge in [0.05, 0.1) is 16.6 Å². The number of hydrogen-bond donors (Lipinski definition) is 0. The SMILES string of the molecule is CN1CCCC2(CCCCC2=C(F)B2OC(C)(C)C(C)(C)O2)C1=O. The third-order valence-electron chi connectivity index (χ3n) is 6.46. The minimum Gasteiger partial charge on any atom is -0.398 e. The molecule has 3 rings (SSSR count). The Balaban J connectivity index is 1.98. The molecule has 0 bridgehead atoms. The molecular weight excluding hydrogens is 308 g/mol. The highest BCUT2D eigenvalue weighted by molar-refractivity contribution is 6.54. The lowest BCUT2D eigenvalue weighted by Gasteiger charge is -2.44. The van der Waals surface area contributed by atoms with Gasteiger partial charge >= 0.3 is 7.12 Å². The van der Waals surface area contributed by atoms with E-state index in [0.717, 1.165) is 38.6 Å². The number of carbonyl (C=O) groups is 1. The fourth-order valence-electron chi connectivity index (χ4n) is 4.26. The number of rotatable bonds is 1. The maximum Gasteiger partial charge on any atom is 0.525 e. The molecule has 1 atom stereocenters. The molecule has 3 fully saturated rings. The van der Waals surface area contributed by atoms with E-state index in [1.54, 1.807) is 4.90 Å². The van der Waals surface area contributed by atoms with Gasteiger partial charge in [0.1, 0.15) is 5.73 Å². The molecule has 0 aromatic rings. The van der Waals surface area contributed by atoms with E-state index < -0.39 is 23.7 Å². The van der Waals surface area contributed by atoms with E-state index in [1.165, 1.54) is 0 Å². The van der Waals surface area contributed by atoms with Crippen LogP contribution in [0.25, 0.3) is 0 Å². The highest BCUT2D eigenvalue weighted by Crippen LogP contribution is 2.50. The summed E-state index contributed by atoms with van der Waals surface area (Å²) in [5, 5.41) is 0. The van der Waals surface area contributed by atoms with Gasteiger partial charge in [-0.1, -0.05) is 6.42 Å². The van der Waals surface area contributed by atoms with Crippen LogP contribution in [0.5, 0.6) is 0 Å². The number of likely N-dealkylation sites (tertiary alicyclic amines) is 1. The Bertz CT molecular complexity index is 555. The van der Waals surface area contributed by atoms with Crippen molar-refractivity contribution >= 4 is 13.0 Å². The van der Waals surface area contributed by atoms with Gasteiger partial charge in [-0.2, -0.15) is 0 Å². The lowest BCUT2D eigenvalue weighted by molar-refractivity contribution is -0.143. The standard InChI is InChI=1S/C18H29BFNO3/c1-16(2)17(3,4)24-19(23-16)14(20)13-9-6-7-10-18(13)11-8-12-21(5)15(18)22/h6-12H2,1-5H3. The molecule has 0 N–H and O–H groups in total. The van der Waals surface area contributed by atoms with Crippen molar-refractivity contribution in [2.75, 3.05) is 13.6 Å². The molecule has 2 aliphatic heterocycles. The predicted molar refractivity (Wildman–Crippen MR) is 92.0 cm³/mol. The molecule has 1 spiro atoms. The molecule has 6 heteroatoms. The van der Waals surface area contributed by atoms with Crippen molar-refractivity contribution in [2.45, 2.75) is 77.4 Å². The number of halogens is 1. The molecule has 1 aliphatic carbocycles. The van der Waals surface area contributed by atoms with E-state index in [1.807, 2.05) is 34.7 Å². The number of carbonyl (C=O) groups excluding carboxylic acids is 1. The molecule has 2 saturated heterocycles. The summed E-state index contributed by atoms with van der Waals surface area (Å²) in [5.41, 5.74) is -1.57. The summed E-state index contributed by atoms with van der Waals surface area (Å²) < 4.78 is 27.3. The predicted octanol–water partition coefficient (Wildman–Crippen LogP) is 3.65. The summed E-state index contributed by atoms with van der Waals surface area (Å²) in [6.45, 7) is 8.43. The third kappa shape index (κ3) is 2.62. The van der Waals surface area contributed by atoms with Gasteiger partial charge < -0.3 is 14.2 Å². The molecule has 0 aromatic carbocycles. The Labute approximate surface area is 144 Å². The zero-order chi connectivity index (χ0) is 17.8. The lowest BCUT2D eigenvalue weighted by Crippen LogP contribution is -2.49. The molecule has 0 aromatic heterocycles. The fourth-order valence-corrected chi connectivity index (χ4v) is 4.26. The molecule has 24 heavy (non-hydrogen) atoms. The first-order chi connectivity index (χ1) is 11.1. The Morgan fingerprint density at radius 1 is 1.08 bits per heavy atom. The molecule has 134 valence electrons. The highest BCUT2D eigenvalue weighted by atomic mass is 19.1. The van der Waals surface area contributed by atoms with Crippen molar-refractivity contribution in [3.8, 4) is 0 Å². The Morgan fingerprint density at radius 2 is 1.67 bits per heavy atom. The van der Waals surface area contributed by atoms with Crippen molar-refractivity contribution in [1.29, 1.82) is 0 Å². The minimum atomic E-state index is -1.000. The summed E-state index contributed by atoms with van der Waals surface area (Å²) in [7, 11) is 0.822. The molecular formula is C18H29BFNO3. The van der Waals surface area contributed by atoms with Gasteiger partial charge in [0.2, 0.25) is 5.91 Å². The smallest absolute Gasteiger partial charge is 0.398 e. The second-order valence-electron chi connectivity index (χ2n) is 8.53. The van der Waals surface area contributed by atoms with Crippen LogP contribution < -0.4 is 0 Å². The first-order valence-electron chi connectivity index (χ1n) is 9.11. The van der Waals surface area contributed by atoms with Gasteiger partial charge in [0.25, 0.3) is 0 Å². The maximum absolute atomic E-state index is 15.5. The molecule has 1 unspecified atom stereocenters. The molecule has 3 aliphatic rings. The topological polar surface area (TPSA) is 38.8 Å². The number of amides is 1. The van der Waals surface area contributed by atoms with Crippen LogP contribution in [0.1, 0.15) is 66.2 Å². The zero-order valence-electron chi connectivity index (χ0n) is 15.6. The second kappa shape index (κ2) is 5.84. The molecule has 0 radical (unpaired) electrons. The van der Waals surface area contributed by atoms with Crippen molar-refractivity contribution in [1.82, 2.24) is 4.90 Å². The Kier molecular flexibility index (Phi) is 4.36. The Morgan fingerprint density at radius 3 is 2.29 bits per heavy atom. The van der Waals surface area contributed by atoms with Crippen LogP contribution in [0.15, 0.2) is 11.3 Å². The largest absolute Gasteiger partial charge is 0.525 e. The normalized spacial score (nSPS) is 34.8. The Hall–Kier alpha value is -0.875. The van der Waals surface area contributed by atoms with Gasteiger partial charge in [-0.3, -0.25) is 4.79 Å². The summed E-state index contributed by atoms with van der Waals surface area (Å²) in [4.78, 5) is 14.7. The molecule has 1 saturated carbocycles. The fraction of sp³-hybridized carbons (Fsp3) is 0.833. The average molecular weight is 337 g/mol. The summed E-state index contributed by atoms with van der Waals surface area (Å²) in [5.74, 6) is 0.0649. The third-order valence-corrected chi connectivity index (χ3v) is 6.46. The zero-order valence-corrected chi connectivity index (χ0v) is 15.6. The van der Waals surface area contributed by atoms with Crippen LogP contribution in [0, 0.1) is 5.41 Å². The van der Waals surface area contributed by atoms with Crippen LogP contribution in [-0.2, 0) is 14.1 Å². The van der Waals surface area contributed by atoms with Gasteiger partial charge in [-0.05, 0) is 65.4 Å². The van der Waals surface area contributed by atoms with E-state index in [9.17, 15) is 4.79 Å². The van der Waals surface area contributed by atoms with Crippen LogP contribution in [0.2, 0.25) is 0 Å². The number of nitrogens with zero attached hydrogens (tertiary/aromatic N) is 1. The maximum atomic E-state index is 15.5.